The van der Waals surface area contributed by atoms with Crippen molar-refractivity contribution in [3.8, 4) is 0 Å². The van der Waals surface area contributed by atoms with Gasteiger partial charge in [0.1, 0.15) is 0 Å². The summed E-state index contributed by atoms with van der Waals surface area (Å²) >= 11 is 5.77. The predicted octanol–water partition coefficient (Wildman–Crippen LogP) is 2.10. The molecule has 1 saturated heterocycles. The van der Waals surface area contributed by atoms with E-state index in [4.69, 9.17) is 17.3 Å². The van der Waals surface area contributed by atoms with E-state index in [0.29, 0.717) is 24.9 Å². The highest BCUT2D eigenvalue weighted by Crippen LogP contribution is 2.35. The van der Waals surface area contributed by atoms with Crippen molar-refractivity contribution in [2.75, 3.05) is 23.7 Å². The lowest BCUT2D eigenvalue weighted by molar-refractivity contribution is -0.383. The van der Waals surface area contributed by atoms with Crippen molar-refractivity contribution in [3.63, 3.8) is 0 Å². The van der Waals surface area contributed by atoms with Crippen LogP contribution in [0.2, 0.25) is 5.28 Å². The summed E-state index contributed by atoms with van der Waals surface area (Å²) < 4.78 is 0. The van der Waals surface area contributed by atoms with Crippen LogP contribution in [0.1, 0.15) is 20.3 Å². The summed E-state index contributed by atoms with van der Waals surface area (Å²) in [5, 5.41) is 11.1. The Kier molecular flexibility index (Phi) is 3.75. The monoisotopic (exact) mass is 285 g/mol. The number of aromatic nitrogens is 2. The number of hydrogen-bond acceptors (Lipinski definition) is 6. The van der Waals surface area contributed by atoms with Gasteiger partial charge in [-0.3, -0.25) is 10.1 Å². The Morgan fingerprint density at radius 3 is 2.47 bits per heavy atom. The normalized spacial score (nSPS) is 23.4. The Hall–Kier alpha value is -1.63. The van der Waals surface area contributed by atoms with Gasteiger partial charge >= 0.3 is 5.69 Å². The third-order valence-corrected chi connectivity index (χ3v) is 3.39. The molecule has 2 atom stereocenters. The van der Waals surface area contributed by atoms with E-state index in [0.717, 1.165) is 6.42 Å². The minimum absolute atomic E-state index is 0.0658. The number of hydrogen-bond donors (Lipinski definition) is 1. The first-order chi connectivity index (χ1) is 8.88. The number of nitrogens with two attached hydrogens (primary N) is 1. The fourth-order valence-corrected chi connectivity index (χ4v) is 2.83. The number of rotatable bonds is 2. The Labute approximate surface area is 115 Å². The van der Waals surface area contributed by atoms with Crippen molar-refractivity contribution in [2.45, 2.75) is 20.3 Å². The molecule has 2 rings (SSSR count). The van der Waals surface area contributed by atoms with Crippen LogP contribution in [0.3, 0.4) is 0 Å². The number of anilines is 2. The quantitative estimate of drug-likeness (QED) is 0.507. The van der Waals surface area contributed by atoms with E-state index in [9.17, 15) is 10.1 Å². The highest BCUT2D eigenvalue weighted by atomic mass is 35.5. The van der Waals surface area contributed by atoms with Gasteiger partial charge in [-0.2, -0.15) is 9.97 Å². The standard InChI is InChI=1S/C11H16ClN5O2/c1-6-3-7(2)5-16(4-6)10-8(17(18)19)9(13)14-11(12)15-10/h6-7H,3-5H2,1-2H3,(H2,13,14,15)/t6-,7+. The second-order valence-electron chi connectivity index (χ2n) is 5.16. The molecule has 2 N–H and O–H groups in total. The molecule has 104 valence electrons. The molecule has 0 unspecified atom stereocenters. The molecule has 0 spiro atoms. The zero-order chi connectivity index (χ0) is 14.2. The van der Waals surface area contributed by atoms with Crippen molar-refractivity contribution in [3.05, 3.63) is 15.4 Å². The maximum absolute atomic E-state index is 11.1. The number of halogens is 1. The van der Waals surface area contributed by atoms with Crippen molar-refractivity contribution >= 4 is 28.9 Å². The lowest BCUT2D eigenvalue weighted by atomic mass is 9.92. The van der Waals surface area contributed by atoms with Crippen molar-refractivity contribution < 1.29 is 4.92 Å². The van der Waals surface area contributed by atoms with Gasteiger partial charge in [-0.05, 0) is 29.9 Å². The molecule has 0 radical (unpaired) electrons. The molecule has 1 fully saturated rings. The van der Waals surface area contributed by atoms with Crippen LogP contribution >= 0.6 is 11.6 Å². The van der Waals surface area contributed by atoms with Crippen molar-refractivity contribution in [1.29, 1.82) is 0 Å². The summed E-state index contributed by atoms with van der Waals surface area (Å²) in [5.74, 6) is 0.920. The molecule has 1 aliphatic rings. The molecule has 8 heteroatoms. The number of piperidine rings is 1. The molecular formula is C11H16ClN5O2. The molecule has 1 aliphatic heterocycles. The topological polar surface area (TPSA) is 98.2 Å². The Morgan fingerprint density at radius 2 is 1.95 bits per heavy atom. The molecule has 19 heavy (non-hydrogen) atoms. The summed E-state index contributed by atoms with van der Waals surface area (Å²) in [6.45, 7) is 5.64. The molecule has 0 aromatic carbocycles. The average Bonchev–Trinajstić information content (AvgIpc) is 2.25. The van der Waals surface area contributed by atoms with E-state index in [1.807, 2.05) is 4.90 Å². The summed E-state index contributed by atoms with van der Waals surface area (Å²) in [6.07, 6.45) is 1.10. The van der Waals surface area contributed by atoms with E-state index >= 15 is 0 Å². The Balaban J connectivity index is 2.45. The van der Waals surface area contributed by atoms with E-state index in [1.54, 1.807) is 0 Å². The van der Waals surface area contributed by atoms with Crippen LogP contribution in [0.5, 0.6) is 0 Å². The van der Waals surface area contributed by atoms with Crippen LogP contribution in [0, 0.1) is 22.0 Å². The van der Waals surface area contributed by atoms with Crippen LogP contribution < -0.4 is 10.6 Å². The van der Waals surface area contributed by atoms with Gasteiger partial charge < -0.3 is 10.6 Å². The lowest BCUT2D eigenvalue weighted by Gasteiger charge is -2.35. The fourth-order valence-electron chi connectivity index (χ4n) is 2.66. The molecule has 7 nitrogen and oxygen atoms in total. The molecule has 0 amide bonds. The molecular weight excluding hydrogens is 270 g/mol. The fraction of sp³-hybridized carbons (Fsp3) is 0.636. The SMILES string of the molecule is C[C@@H]1C[C@H](C)CN(c2nc(Cl)nc(N)c2[N+](=O)[O-])C1. The molecule has 1 aromatic heterocycles. The predicted molar refractivity (Wildman–Crippen MR) is 73.3 cm³/mol. The smallest absolute Gasteiger partial charge is 0.353 e. The largest absolute Gasteiger partial charge is 0.378 e. The highest BCUT2D eigenvalue weighted by molar-refractivity contribution is 6.28. The first-order valence-electron chi connectivity index (χ1n) is 6.10. The average molecular weight is 286 g/mol. The van der Waals surface area contributed by atoms with E-state index in [2.05, 4.69) is 23.8 Å². The van der Waals surface area contributed by atoms with E-state index in [-0.39, 0.29) is 22.6 Å². The van der Waals surface area contributed by atoms with Crippen LogP contribution in [0.25, 0.3) is 0 Å². The van der Waals surface area contributed by atoms with Crippen LogP contribution in [0.15, 0.2) is 0 Å². The van der Waals surface area contributed by atoms with Gasteiger partial charge in [-0.1, -0.05) is 13.8 Å². The van der Waals surface area contributed by atoms with E-state index in [1.165, 1.54) is 0 Å². The second kappa shape index (κ2) is 5.16. The first-order valence-corrected chi connectivity index (χ1v) is 6.48. The van der Waals surface area contributed by atoms with Crippen molar-refractivity contribution in [2.24, 2.45) is 11.8 Å². The van der Waals surface area contributed by atoms with Gasteiger partial charge in [0.15, 0.2) is 0 Å². The lowest BCUT2D eigenvalue weighted by Crippen LogP contribution is -2.39. The number of nitrogens with zero attached hydrogens (tertiary/aromatic N) is 4. The van der Waals surface area contributed by atoms with Gasteiger partial charge in [-0.15, -0.1) is 0 Å². The number of nitrogen functional groups attached to an aromatic ring is 1. The second-order valence-corrected chi connectivity index (χ2v) is 5.50. The Bertz CT molecular complexity index is 500. The zero-order valence-electron chi connectivity index (χ0n) is 10.8. The third-order valence-electron chi connectivity index (χ3n) is 3.22. The summed E-state index contributed by atoms with van der Waals surface area (Å²) in [6, 6.07) is 0. The maximum Gasteiger partial charge on any atom is 0.353 e. The van der Waals surface area contributed by atoms with Crippen LogP contribution in [0.4, 0.5) is 17.3 Å². The number of nitro groups is 1. The maximum atomic E-state index is 11.1. The van der Waals surface area contributed by atoms with Crippen molar-refractivity contribution in [1.82, 2.24) is 9.97 Å². The highest BCUT2D eigenvalue weighted by Gasteiger charge is 2.31. The minimum atomic E-state index is -0.551. The minimum Gasteiger partial charge on any atom is -0.378 e. The zero-order valence-corrected chi connectivity index (χ0v) is 11.6. The van der Waals surface area contributed by atoms with E-state index < -0.39 is 4.92 Å². The van der Waals surface area contributed by atoms with Gasteiger partial charge in [-0.25, -0.2) is 0 Å². The van der Waals surface area contributed by atoms with Gasteiger partial charge in [0.2, 0.25) is 16.9 Å². The summed E-state index contributed by atoms with van der Waals surface area (Å²) in [4.78, 5) is 20.1. The molecule has 0 bridgehead atoms. The Morgan fingerprint density at radius 1 is 1.37 bits per heavy atom. The van der Waals surface area contributed by atoms with Gasteiger partial charge in [0.25, 0.3) is 0 Å². The van der Waals surface area contributed by atoms with Gasteiger partial charge in [0, 0.05) is 13.1 Å². The summed E-state index contributed by atoms with van der Waals surface area (Å²) in [5.41, 5.74) is 5.34. The summed E-state index contributed by atoms with van der Waals surface area (Å²) in [7, 11) is 0. The molecule has 0 aliphatic carbocycles. The molecule has 2 heterocycles. The van der Waals surface area contributed by atoms with Gasteiger partial charge in [0.05, 0.1) is 4.92 Å². The van der Waals surface area contributed by atoms with Crippen LogP contribution in [-0.4, -0.2) is 28.0 Å². The molecule has 1 aromatic rings. The molecule has 0 saturated carbocycles. The third kappa shape index (κ3) is 2.86. The van der Waals surface area contributed by atoms with Crippen LogP contribution in [-0.2, 0) is 0 Å². The first kappa shape index (κ1) is 13.8.